The summed E-state index contributed by atoms with van der Waals surface area (Å²) >= 11 is 0. The number of aromatic nitrogens is 3. The Labute approximate surface area is 144 Å². The first-order chi connectivity index (χ1) is 11.8. The lowest BCUT2D eigenvalue weighted by Gasteiger charge is -2.23. The van der Waals surface area contributed by atoms with Crippen molar-refractivity contribution in [3.8, 4) is 0 Å². The van der Waals surface area contributed by atoms with Gasteiger partial charge in [-0.15, -0.1) is 5.10 Å². The number of nitrogens with zero attached hydrogens (tertiary/aromatic N) is 3. The normalized spacial score (nSPS) is 15.2. The Kier molecular flexibility index (Phi) is 5.62. The fraction of sp³-hybridized carbons (Fsp3) is 0.526. The van der Waals surface area contributed by atoms with Crippen LogP contribution in [0, 0.1) is 0 Å². The Morgan fingerprint density at radius 1 is 1.04 bits per heavy atom. The van der Waals surface area contributed by atoms with Crippen LogP contribution in [0.5, 0.6) is 0 Å². The average Bonchev–Trinajstić information content (AvgIpc) is 2.63. The molecule has 128 valence electrons. The molecule has 0 unspecified atom stereocenters. The van der Waals surface area contributed by atoms with Crippen molar-refractivity contribution in [1.29, 1.82) is 0 Å². The number of hydrogen-bond acceptors (Lipinski definition) is 5. The molecule has 0 spiro atoms. The van der Waals surface area contributed by atoms with Gasteiger partial charge in [0, 0.05) is 11.7 Å². The second kappa shape index (κ2) is 8.08. The third-order valence-electron chi connectivity index (χ3n) is 4.75. The van der Waals surface area contributed by atoms with Crippen LogP contribution in [-0.2, 0) is 12.8 Å². The molecule has 0 radical (unpaired) electrons. The number of rotatable bonds is 6. The van der Waals surface area contributed by atoms with Crippen LogP contribution in [-0.4, -0.2) is 21.2 Å². The fourth-order valence-electron chi connectivity index (χ4n) is 3.40. The zero-order valence-electron chi connectivity index (χ0n) is 14.7. The smallest absolute Gasteiger partial charge is 0.249 e. The lowest BCUT2D eigenvalue weighted by Crippen LogP contribution is -2.23. The van der Waals surface area contributed by atoms with Gasteiger partial charge in [0.15, 0.2) is 5.82 Å². The van der Waals surface area contributed by atoms with Gasteiger partial charge in [0.1, 0.15) is 0 Å². The maximum atomic E-state index is 4.62. The van der Waals surface area contributed by atoms with Gasteiger partial charge in [-0.25, -0.2) is 0 Å². The summed E-state index contributed by atoms with van der Waals surface area (Å²) in [5.41, 5.74) is 3.69. The average molecular weight is 325 g/mol. The maximum absolute atomic E-state index is 4.62. The van der Waals surface area contributed by atoms with Gasteiger partial charge in [0.25, 0.3) is 0 Å². The molecular weight excluding hydrogens is 298 g/mol. The van der Waals surface area contributed by atoms with Gasteiger partial charge in [-0.3, -0.25) is 0 Å². The molecule has 1 saturated carbocycles. The van der Waals surface area contributed by atoms with Gasteiger partial charge >= 0.3 is 0 Å². The lowest BCUT2D eigenvalue weighted by molar-refractivity contribution is 0.461. The zero-order valence-corrected chi connectivity index (χ0v) is 14.7. The predicted octanol–water partition coefficient (Wildman–Crippen LogP) is 4.48. The molecule has 0 saturated heterocycles. The monoisotopic (exact) mass is 325 g/mol. The minimum atomic E-state index is 0.512. The highest BCUT2D eigenvalue weighted by molar-refractivity contribution is 5.64. The van der Waals surface area contributed by atoms with Crippen LogP contribution in [0.1, 0.15) is 57.1 Å². The molecule has 1 fully saturated rings. The van der Waals surface area contributed by atoms with Crippen LogP contribution in [0.4, 0.5) is 17.5 Å². The first-order valence-corrected chi connectivity index (χ1v) is 9.14. The van der Waals surface area contributed by atoms with Crippen LogP contribution in [0.2, 0.25) is 0 Å². The van der Waals surface area contributed by atoms with Crippen molar-refractivity contribution in [2.24, 2.45) is 0 Å². The second-order valence-corrected chi connectivity index (χ2v) is 6.43. The van der Waals surface area contributed by atoms with Gasteiger partial charge in [-0.2, -0.15) is 10.1 Å². The topological polar surface area (TPSA) is 62.7 Å². The van der Waals surface area contributed by atoms with Gasteiger partial charge in [-0.05, 0) is 36.8 Å². The standard InChI is InChI=1S/C19H27N5/c1-3-14-9-8-10-15(4-2)18(14)23-19-22-17(13-20-24-19)21-16-11-6-5-7-12-16/h8-10,13,16H,3-7,11-12H2,1-2H3,(H2,21,22,23,24). The van der Waals surface area contributed by atoms with Crippen LogP contribution >= 0.6 is 0 Å². The Bertz CT molecular complexity index is 642. The van der Waals surface area contributed by atoms with Gasteiger partial charge in [-0.1, -0.05) is 51.3 Å². The third kappa shape index (κ3) is 4.02. The minimum absolute atomic E-state index is 0.512. The van der Waals surface area contributed by atoms with E-state index in [1.165, 1.54) is 43.2 Å². The summed E-state index contributed by atoms with van der Waals surface area (Å²) in [5, 5.41) is 15.2. The molecule has 0 bridgehead atoms. The van der Waals surface area contributed by atoms with Crippen LogP contribution < -0.4 is 10.6 Å². The van der Waals surface area contributed by atoms with E-state index in [4.69, 9.17) is 0 Å². The van der Waals surface area contributed by atoms with Crippen molar-refractivity contribution in [2.45, 2.75) is 64.8 Å². The van der Waals surface area contributed by atoms with Gasteiger partial charge in [0.05, 0.1) is 6.20 Å². The SMILES string of the molecule is CCc1cccc(CC)c1Nc1nncc(NC2CCCCC2)n1. The van der Waals surface area contributed by atoms with E-state index < -0.39 is 0 Å². The van der Waals surface area contributed by atoms with Crippen molar-refractivity contribution in [2.75, 3.05) is 10.6 Å². The van der Waals surface area contributed by atoms with Crippen molar-refractivity contribution < 1.29 is 0 Å². The van der Waals surface area contributed by atoms with E-state index in [9.17, 15) is 0 Å². The molecule has 24 heavy (non-hydrogen) atoms. The summed E-state index contributed by atoms with van der Waals surface area (Å²) < 4.78 is 0. The van der Waals surface area contributed by atoms with Crippen LogP contribution in [0.25, 0.3) is 0 Å². The molecular formula is C19H27N5. The van der Waals surface area contributed by atoms with Crippen molar-refractivity contribution in [3.63, 3.8) is 0 Å². The summed E-state index contributed by atoms with van der Waals surface area (Å²) in [6.07, 6.45) is 10.0. The lowest BCUT2D eigenvalue weighted by atomic mass is 9.96. The zero-order chi connectivity index (χ0) is 16.8. The van der Waals surface area contributed by atoms with Gasteiger partial charge in [0.2, 0.25) is 5.95 Å². The maximum Gasteiger partial charge on any atom is 0.249 e. The number of anilines is 3. The van der Waals surface area contributed by atoms with Gasteiger partial charge < -0.3 is 10.6 Å². The summed E-state index contributed by atoms with van der Waals surface area (Å²) in [5.74, 6) is 1.37. The third-order valence-corrected chi connectivity index (χ3v) is 4.75. The van der Waals surface area contributed by atoms with E-state index in [0.717, 1.165) is 24.3 Å². The van der Waals surface area contributed by atoms with E-state index in [-0.39, 0.29) is 0 Å². The fourth-order valence-corrected chi connectivity index (χ4v) is 3.40. The highest BCUT2D eigenvalue weighted by atomic mass is 15.3. The van der Waals surface area contributed by atoms with Crippen molar-refractivity contribution in [1.82, 2.24) is 15.2 Å². The number of nitrogens with one attached hydrogen (secondary N) is 2. The van der Waals surface area contributed by atoms with E-state index in [0.29, 0.717) is 12.0 Å². The molecule has 1 aromatic carbocycles. The summed E-state index contributed by atoms with van der Waals surface area (Å²) in [7, 11) is 0. The molecule has 1 aliphatic rings. The van der Waals surface area contributed by atoms with Crippen LogP contribution in [0.15, 0.2) is 24.4 Å². The Morgan fingerprint density at radius 3 is 2.42 bits per heavy atom. The summed E-state index contributed by atoms with van der Waals surface area (Å²) in [4.78, 5) is 4.62. The number of hydrogen-bond donors (Lipinski definition) is 2. The summed E-state index contributed by atoms with van der Waals surface area (Å²) in [6.45, 7) is 4.33. The van der Waals surface area contributed by atoms with E-state index >= 15 is 0 Å². The number of para-hydroxylation sites is 1. The van der Waals surface area contributed by atoms with Crippen LogP contribution in [0.3, 0.4) is 0 Å². The van der Waals surface area contributed by atoms with E-state index in [2.05, 4.69) is 57.9 Å². The Hall–Kier alpha value is -2.17. The van der Waals surface area contributed by atoms with E-state index in [1.807, 2.05) is 0 Å². The van der Waals surface area contributed by atoms with Crippen molar-refractivity contribution >= 4 is 17.5 Å². The number of benzene rings is 1. The molecule has 5 heteroatoms. The first kappa shape index (κ1) is 16.7. The largest absolute Gasteiger partial charge is 0.366 e. The molecule has 1 heterocycles. The predicted molar refractivity (Wildman–Crippen MR) is 98.8 cm³/mol. The quantitative estimate of drug-likeness (QED) is 0.819. The van der Waals surface area contributed by atoms with E-state index in [1.54, 1.807) is 6.20 Å². The number of aryl methyl sites for hydroxylation is 2. The Morgan fingerprint density at radius 2 is 1.75 bits per heavy atom. The Balaban J connectivity index is 1.77. The minimum Gasteiger partial charge on any atom is -0.366 e. The highest BCUT2D eigenvalue weighted by Crippen LogP contribution is 2.26. The highest BCUT2D eigenvalue weighted by Gasteiger charge is 2.14. The molecule has 1 aromatic heterocycles. The molecule has 3 rings (SSSR count). The molecule has 5 nitrogen and oxygen atoms in total. The molecule has 0 aliphatic heterocycles. The molecule has 2 N–H and O–H groups in total. The first-order valence-electron chi connectivity index (χ1n) is 9.14. The summed E-state index contributed by atoms with van der Waals surface area (Å²) in [6, 6.07) is 6.93. The second-order valence-electron chi connectivity index (χ2n) is 6.43. The molecule has 2 aromatic rings. The van der Waals surface area contributed by atoms with Crippen molar-refractivity contribution in [3.05, 3.63) is 35.5 Å². The molecule has 0 atom stereocenters. The molecule has 0 amide bonds. The molecule has 1 aliphatic carbocycles.